The zero-order chi connectivity index (χ0) is 11.6. The molecule has 0 aromatic carbocycles. The molecule has 2 saturated heterocycles. The molecule has 5 nitrogen and oxygen atoms in total. The Morgan fingerprint density at radius 1 is 1.25 bits per heavy atom. The molecule has 0 amide bonds. The molecule has 0 aromatic rings. The first-order valence-corrected chi connectivity index (χ1v) is 8.64. The smallest absolute Gasteiger partial charge is 0.218 e. The summed E-state index contributed by atoms with van der Waals surface area (Å²) >= 11 is 0. The molecule has 0 spiro atoms. The highest BCUT2D eigenvalue weighted by atomic mass is 32.2. The molecule has 0 radical (unpaired) electrons. The molecule has 2 aliphatic heterocycles. The molecule has 1 unspecified atom stereocenters. The van der Waals surface area contributed by atoms with Gasteiger partial charge in [-0.15, -0.1) is 0 Å². The highest BCUT2D eigenvalue weighted by Crippen LogP contribution is 2.17. The van der Waals surface area contributed by atoms with Crippen molar-refractivity contribution in [3.63, 3.8) is 0 Å². The maximum absolute atomic E-state index is 12.2. The second-order valence-corrected chi connectivity index (χ2v) is 8.17. The minimum atomic E-state index is -3.17. The highest BCUT2D eigenvalue weighted by Gasteiger charge is 2.34. The third kappa shape index (κ3) is 2.64. The van der Waals surface area contributed by atoms with Crippen LogP contribution in [0.25, 0.3) is 0 Å². The molecule has 1 atom stereocenters. The van der Waals surface area contributed by atoms with Crippen LogP contribution in [0.1, 0.15) is 12.8 Å². The van der Waals surface area contributed by atoms with Gasteiger partial charge < -0.3 is 5.32 Å². The molecule has 7 heteroatoms. The highest BCUT2D eigenvalue weighted by molar-refractivity contribution is 7.90. The van der Waals surface area contributed by atoms with E-state index >= 15 is 0 Å². The number of nitrogens with zero attached hydrogens (tertiary/aromatic N) is 1. The van der Waals surface area contributed by atoms with Gasteiger partial charge >= 0.3 is 0 Å². The summed E-state index contributed by atoms with van der Waals surface area (Å²) in [5, 5.41) is 2.84. The third-order valence-corrected chi connectivity index (χ3v) is 6.78. The first kappa shape index (κ1) is 12.5. The summed E-state index contributed by atoms with van der Waals surface area (Å²) in [5.41, 5.74) is 0. The minimum absolute atomic E-state index is 0.284. The van der Waals surface area contributed by atoms with Crippen molar-refractivity contribution in [2.75, 3.05) is 37.7 Å². The molecule has 2 aliphatic rings. The van der Waals surface area contributed by atoms with Crippen molar-refractivity contribution in [1.82, 2.24) is 9.62 Å². The van der Waals surface area contributed by atoms with E-state index in [1.165, 1.54) is 4.31 Å². The van der Waals surface area contributed by atoms with E-state index in [0.717, 1.165) is 19.4 Å². The Hall–Kier alpha value is 0.0200. The summed E-state index contributed by atoms with van der Waals surface area (Å²) in [6, 6.07) is 0. The number of nitrogens with one attached hydrogen (secondary N) is 1. The standard InChI is InChI=1S/C9H18N2O3S2/c12-15-6-4-11(5-7-15)16(13,14)9-2-1-3-10-8-9/h9-10H,1-8H2. The summed E-state index contributed by atoms with van der Waals surface area (Å²) in [5.74, 6) is 0.971. The van der Waals surface area contributed by atoms with Crippen LogP contribution in [0.3, 0.4) is 0 Å². The van der Waals surface area contributed by atoms with Crippen molar-refractivity contribution in [2.24, 2.45) is 0 Å². The summed E-state index contributed by atoms with van der Waals surface area (Å²) < 4.78 is 37.2. The number of sulfonamides is 1. The van der Waals surface area contributed by atoms with Crippen LogP contribution in [0.15, 0.2) is 0 Å². The first-order valence-electron chi connectivity index (χ1n) is 5.65. The van der Waals surface area contributed by atoms with Crippen molar-refractivity contribution in [1.29, 1.82) is 0 Å². The Labute approximate surface area is 99.1 Å². The van der Waals surface area contributed by atoms with Gasteiger partial charge in [0.15, 0.2) is 0 Å². The van der Waals surface area contributed by atoms with Crippen LogP contribution in [0, 0.1) is 0 Å². The van der Waals surface area contributed by atoms with Crippen LogP contribution in [0.4, 0.5) is 0 Å². The van der Waals surface area contributed by atoms with Gasteiger partial charge in [0.1, 0.15) is 0 Å². The average molecular weight is 266 g/mol. The number of hydrogen-bond donors (Lipinski definition) is 1. The molecule has 0 bridgehead atoms. The second kappa shape index (κ2) is 5.12. The fraction of sp³-hybridized carbons (Fsp3) is 1.00. The largest absolute Gasteiger partial charge is 0.315 e. The summed E-state index contributed by atoms with van der Waals surface area (Å²) in [7, 11) is -3.99. The van der Waals surface area contributed by atoms with Gasteiger partial charge in [0.05, 0.1) is 5.25 Å². The average Bonchev–Trinajstić information content (AvgIpc) is 2.31. The predicted molar refractivity (Wildman–Crippen MR) is 64.3 cm³/mol. The van der Waals surface area contributed by atoms with E-state index in [0.29, 0.717) is 31.1 Å². The maximum Gasteiger partial charge on any atom is 0.218 e. The number of piperidine rings is 1. The van der Waals surface area contributed by atoms with E-state index in [2.05, 4.69) is 5.32 Å². The van der Waals surface area contributed by atoms with E-state index in [-0.39, 0.29) is 5.25 Å². The Morgan fingerprint density at radius 2 is 1.94 bits per heavy atom. The first-order chi connectivity index (χ1) is 7.60. The molecular weight excluding hydrogens is 248 g/mol. The zero-order valence-electron chi connectivity index (χ0n) is 9.22. The van der Waals surface area contributed by atoms with E-state index < -0.39 is 20.8 Å². The lowest BCUT2D eigenvalue weighted by molar-refractivity contribution is 0.411. The third-order valence-electron chi connectivity index (χ3n) is 3.17. The van der Waals surface area contributed by atoms with Crippen LogP contribution < -0.4 is 5.32 Å². The SMILES string of the molecule is O=S1CCN(S(=O)(=O)C2CCCNC2)CC1. The Morgan fingerprint density at radius 3 is 2.50 bits per heavy atom. The Bertz CT molecular complexity index is 353. The normalized spacial score (nSPS) is 30.4. The van der Waals surface area contributed by atoms with E-state index in [1.807, 2.05) is 0 Å². The van der Waals surface area contributed by atoms with Crippen LogP contribution in [0.5, 0.6) is 0 Å². The molecule has 0 saturated carbocycles. The molecule has 2 rings (SSSR count). The quantitative estimate of drug-likeness (QED) is 0.706. The van der Waals surface area contributed by atoms with Crippen LogP contribution >= 0.6 is 0 Å². The van der Waals surface area contributed by atoms with Gasteiger partial charge in [-0.05, 0) is 19.4 Å². The van der Waals surface area contributed by atoms with Crippen molar-refractivity contribution >= 4 is 20.8 Å². The monoisotopic (exact) mass is 266 g/mol. The lowest BCUT2D eigenvalue weighted by Gasteiger charge is -2.31. The fourth-order valence-electron chi connectivity index (χ4n) is 2.16. The lowest BCUT2D eigenvalue weighted by Crippen LogP contribution is -2.50. The zero-order valence-corrected chi connectivity index (χ0v) is 10.9. The van der Waals surface area contributed by atoms with E-state index in [9.17, 15) is 12.6 Å². The minimum Gasteiger partial charge on any atom is -0.315 e. The summed E-state index contributed by atoms with van der Waals surface area (Å²) in [6.45, 7) is 2.31. The molecule has 16 heavy (non-hydrogen) atoms. The molecule has 2 fully saturated rings. The maximum atomic E-state index is 12.2. The molecular formula is C9H18N2O3S2. The van der Waals surface area contributed by atoms with Crippen LogP contribution in [0.2, 0.25) is 0 Å². The molecule has 0 aromatic heterocycles. The van der Waals surface area contributed by atoms with Gasteiger partial charge in [0.2, 0.25) is 10.0 Å². The fourth-order valence-corrected chi connectivity index (χ4v) is 5.35. The van der Waals surface area contributed by atoms with Crippen molar-refractivity contribution < 1.29 is 12.6 Å². The van der Waals surface area contributed by atoms with Crippen LogP contribution in [-0.2, 0) is 20.8 Å². The Kier molecular flexibility index (Phi) is 3.99. The van der Waals surface area contributed by atoms with Gasteiger partial charge in [-0.3, -0.25) is 4.21 Å². The lowest BCUT2D eigenvalue weighted by atomic mass is 10.2. The molecule has 94 valence electrons. The van der Waals surface area contributed by atoms with Gasteiger partial charge in [-0.1, -0.05) is 0 Å². The summed E-state index contributed by atoms with van der Waals surface area (Å²) in [4.78, 5) is 0. The van der Waals surface area contributed by atoms with Crippen LogP contribution in [-0.4, -0.2) is 59.9 Å². The predicted octanol–water partition coefficient (Wildman–Crippen LogP) is -0.867. The number of rotatable bonds is 2. The Balaban J connectivity index is 2.03. The molecule has 1 N–H and O–H groups in total. The van der Waals surface area contributed by atoms with Gasteiger partial charge in [0, 0.05) is 41.9 Å². The molecule has 2 heterocycles. The van der Waals surface area contributed by atoms with Crippen molar-refractivity contribution in [3.05, 3.63) is 0 Å². The van der Waals surface area contributed by atoms with Gasteiger partial charge in [0.25, 0.3) is 0 Å². The van der Waals surface area contributed by atoms with Gasteiger partial charge in [-0.25, -0.2) is 8.42 Å². The van der Waals surface area contributed by atoms with Crippen molar-refractivity contribution in [2.45, 2.75) is 18.1 Å². The summed E-state index contributed by atoms with van der Waals surface area (Å²) in [6.07, 6.45) is 1.67. The van der Waals surface area contributed by atoms with E-state index in [4.69, 9.17) is 0 Å². The van der Waals surface area contributed by atoms with E-state index in [1.54, 1.807) is 0 Å². The molecule has 0 aliphatic carbocycles. The van der Waals surface area contributed by atoms with Gasteiger partial charge in [-0.2, -0.15) is 4.31 Å². The topological polar surface area (TPSA) is 66.5 Å². The second-order valence-electron chi connectivity index (χ2n) is 4.26. The van der Waals surface area contributed by atoms with Crippen molar-refractivity contribution in [3.8, 4) is 0 Å². The number of hydrogen-bond acceptors (Lipinski definition) is 4.